The van der Waals surface area contributed by atoms with Crippen LogP contribution in [0.25, 0.3) is 0 Å². The average molecular weight is 246 g/mol. The van der Waals surface area contributed by atoms with Gasteiger partial charge in [-0.25, -0.2) is 9.59 Å². The predicted molar refractivity (Wildman–Crippen MR) is 58.5 cm³/mol. The number of carboxylic acids is 2. The second-order valence-corrected chi connectivity index (χ2v) is 3.71. The fourth-order valence-electron chi connectivity index (χ4n) is 1.27. The summed E-state index contributed by atoms with van der Waals surface area (Å²) in [6.45, 7) is 2.07. The molecule has 0 saturated carbocycles. The number of carbonyl (C=O) groups excluding carboxylic acids is 1. The molecule has 17 heavy (non-hydrogen) atoms. The molecule has 0 radical (unpaired) electrons. The number of hydrogen-bond donors (Lipinski definition) is 2. The molecule has 0 heterocycles. The monoisotopic (exact) mass is 246 g/mol. The van der Waals surface area contributed by atoms with Gasteiger partial charge in [-0.15, -0.1) is 0 Å². The number of ether oxygens (including phenoxy) is 1. The normalized spacial score (nSPS) is 10.2. The fourth-order valence-corrected chi connectivity index (χ4v) is 1.27. The van der Waals surface area contributed by atoms with Gasteiger partial charge in [0.2, 0.25) is 0 Å². The van der Waals surface area contributed by atoms with Crippen molar-refractivity contribution in [3.8, 4) is 0 Å². The number of carbonyl (C=O) groups is 3. The van der Waals surface area contributed by atoms with Gasteiger partial charge in [0.05, 0.1) is 0 Å². The lowest BCUT2D eigenvalue weighted by atomic mass is 10.1. The molecular weight excluding hydrogens is 228 g/mol. The molecule has 98 valence electrons. The molecule has 0 aromatic rings. The summed E-state index contributed by atoms with van der Waals surface area (Å²) < 4.78 is 4.34. The van der Waals surface area contributed by atoms with E-state index in [1.54, 1.807) is 0 Å². The third-order valence-corrected chi connectivity index (χ3v) is 2.18. The van der Waals surface area contributed by atoms with E-state index in [1.807, 2.05) is 0 Å². The highest BCUT2D eigenvalue weighted by Crippen LogP contribution is 2.07. The van der Waals surface area contributed by atoms with E-state index in [9.17, 15) is 14.4 Å². The molecule has 0 atom stereocenters. The molecule has 0 saturated heterocycles. The molecule has 0 aromatic heterocycles. The molecule has 0 bridgehead atoms. The minimum Gasteiger partial charge on any atom is -0.478 e. The van der Waals surface area contributed by atoms with Gasteiger partial charge in [0, 0.05) is 6.42 Å². The van der Waals surface area contributed by atoms with E-state index in [0.29, 0.717) is 6.42 Å². The Kier molecular flexibility index (Phi) is 7.75. The first-order valence-electron chi connectivity index (χ1n) is 5.64. The summed E-state index contributed by atoms with van der Waals surface area (Å²) in [7, 11) is 0. The highest BCUT2D eigenvalue weighted by Gasteiger charge is 2.29. The highest BCUT2D eigenvalue weighted by molar-refractivity contribution is 5.97. The maximum Gasteiger partial charge on any atom is 0.356 e. The fraction of sp³-hybridized carbons (Fsp3) is 0.727. The number of rotatable bonds is 9. The van der Waals surface area contributed by atoms with Crippen LogP contribution in [-0.4, -0.2) is 34.2 Å². The van der Waals surface area contributed by atoms with Crippen LogP contribution in [0.15, 0.2) is 0 Å². The molecule has 0 aromatic carbocycles. The van der Waals surface area contributed by atoms with Gasteiger partial charge < -0.3 is 14.9 Å². The Bertz CT molecular complexity index is 259. The van der Waals surface area contributed by atoms with Crippen LogP contribution in [0.4, 0.5) is 0 Å². The van der Waals surface area contributed by atoms with Crippen LogP contribution < -0.4 is 0 Å². The van der Waals surface area contributed by atoms with Crippen LogP contribution in [0.5, 0.6) is 0 Å². The maximum atomic E-state index is 11.1. The van der Waals surface area contributed by atoms with Crippen molar-refractivity contribution in [1.29, 1.82) is 0 Å². The van der Waals surface area contributed by atoms with E-state index in [4.69, 9.17) is 10.2 Å². The van der Waals surface area contributed by atoms with Crippen LogP contribution in [0.2, 0.25) is 0 Å². The number of carboxylic acid groups (broad SMARTS) is 2. The summed E-state index contributed by atoms with van der Waals surface area (Å²) >= 11 is 0. The first-order chi connectivity index (χ1) is 7.99. The molecule has 0 spiro atoms. The van der Waals surface area contributed by atoms with Crippen molar-refractivity contribution >= 4 is 17.9 Å². The quantitative estimate of drug-likeness (QED) is 0.362. The number of esters is 1. The first kappa shape index (κ1) is 15.4. The van der Waals surface area contributed by atoms with Crippen molar-refractivity contribution in [2.75, 3.05) is 0 Å². The van der Waals surface area contributed by atoms with Gasteiger partial charge >= 0.3 is 17.9 Å². The molecule has 0 aliphatic heterocycles. The number of aliphatic carboxylic acids is 2. The Morgan fingerprint density at radius 3 is 2.00 bits per heavy atom. The molecule has 0 aliphatic rings. The van der Waals surface area contributed by atoms with Gasteiger partial charge in [-0.2, -0.15) is 0 Å². The molecular formula is C11H18O6. The van der Waals surface area contributed by atoms with Gasteiger partial charge in [0.1, 0.15) is 0 Å². The summed E-state index contributed by atoms with van der Waals surface area (Å²) in [5.74, 6) is -4.12. The topological polar surface area (TPSA) is 101 Å². The minimum absolute atomic E-state index is 0.0563. The lowest BCUT2D eigenvalue weighted by molar-refractivity contribution is -0.174. The van der Waals surface area contributed by atoms with Gasteiger partial charge in [0.15, 0.2) is 0 Å². The van der Waals surface area contributed by atoms with Crippen LogP contribution in [0.3, 0.4) is 0 Å². The van der Waals surface area contributed by atoms with E-state index in [1.165, 1.54) is 0 Å². The Morgan fingerprint density at radius 1 is 1.00 bits per heavy atom. The van der Waals surface area contributed by atoms with E-state index in [0.717, 1.165) is 25.7 Å². The van der Waals surface area contributed by atoms with Gasteiger partial charge in [-0.05, 0) is 6.42 Å². The standard InChI is InChI=1S/C11H18O6/c1-2-3-4-5-6-7-8(12)17-9(10(13)14)11(15)16/h9H,2-7H2,1H3,(H,13,14)(H,15,16). The van der Waals surface area contributed by atoms with Crippen LogP contribution in [0, 0.1) is 0 Å². The summed E-state index contributed by atoms with van der Waals surface area (Å²) in [6, 6.07) is 0. The Labute approximate surface area is 99.6 Å². The highest BCUT2D eigenvalue weighted by atomic mass is 16.6. The SMILES string of the molecule is CCCCCCCC(=O)OC(C(=O)O)C(=O)O. The Morgan fingerprint density at radius 2 is 1.53 bits per heavy atom. The second-order valence-electron chi connectivity index (χ2n) is 3.71. The molecule has 2 N–H and O–H groups in total. The van der Waals surface area contributed by atoms with Crippen LogP contribution >= 0.6 is 0 Å². The maximum absolute atomic E-state index is 11.1. The lowest BCUT2D eigenvalue weighted by Gasteiger charge is -2.08. The van der Waals surface area contributed by atoms with Crippen molar-refractivity contribution in [3.63, 3.8) is 0 Å². The summed E-state index contributed by atoms with van der Waals surface area (Å²) in [4.78, 5) is 32.0. The smallest absolute Gasteiger partial charge is 0.356 e. The predicted octanol–water partition coefficient (Wildman–Crippen LogP) is 1.43. The Balaban J connectivity index is 3.83. The number of unbranched alkanes of at least 4 members (excludes halogenated alkanes) is 4. The van der Waals surface area contributed by atoms with E-state index in [-0.39, 0.29) is 6.42 Å². The van der Waals surface area contributed by atoms with E-state index < -0.39 is 24.0 Å². The van der Waals surface area contributed by atoms with Crippen molar-refractivity contribution in [2.24, 2.45) is 0 Å². The third-order valence-electron chi connectivity index (χ3n) is 2.18. The van der Waals surface area contributed by atoms with Crippen LogP contribution in [0.1, 0.15) is 45.4 Å². The zero-order chi connectivity index (χ0) is 13.3. The molecule has 6 nitrogen and oxygen atoms in total. The van der Waals surface area contributed by atoms with E-state index in [2.05, 4.69) is 11.7 Å². The van der Waals surface area contributed by atoms with Crippen molar-refractivity contribution in [2.45, 2.75) is 51.6 Å². The minimum atomic E-state index is -2.10. The third kappa shape index (κ3) is 7.32. The molecule has 0 fully saturated rings. The largest absolute Gasteiger partial charge is 0.478 e. The molecule has 0 rings (SSSR count). The van der Waals surface area contributed by atoms with Crippen molar-refractivity contribution in [1.82, 2.24) is 0 Å². The zero-order valence-electron chi connectivity index (χ0n) is 9.85. The van der Waals surface area contributed by atoms with Gasteiger partial charge in [0.25, 0.3) is 6.10 Å². The van der Waals surface area contributed by atoms with E-state index >= 15 is 0 Å². The lowest BCUT2D eigenvalue weighted by Crippen LogP contribution is -2.34. The van der Waals surface area contributed by atoms with Crippen molar-refractivity contribution in [3.05, 3.63) is 0 Å². The average Bonchev–Trinajstić information content (AvgIpc) is 2.24. The summed E-state index contributed by atoms with van der Waals surface area (Å²) in [5.41, 5.74) is 0. The second kappa shape index (κ2) is 8.55. The number of hydrogen-bond acceptors (Lipinski definition) is 4. The molecule has 6 heteroatoms. The molecule has 0 aliphatic carbocycles. The molecule has 0 unspecified atom stereocenters. The molecule has 0 amide bonds. The Hall–Kier alpha value is -1.59. The van der Waals surface area contributed by atoms with Crippen molar-refractivity contribution < 1.29 is 29.3 Å². The first-order valence-corrected chi connectivity index (χ1v) is 5.64. The zero-order valence-corrected chi connectivity index (χ0v) is 9.85. The summed E-state index contributed by atoms with van der Waals surface area (Å²) in [5, 5.41) is 17.0. The van der Waals surface area contributed by atoms with Crippen LogP contribution in [-0.2, 0) is 19.1 Å². The van der Waals surface area contributed by atoms with Gasteiger partial charge in [-0.3, -0.25) is 4.79 Å². The summed E-state index contributed by atoms with van der Waals surface area (Å²) in [6.07, 6.45) is 2.58. The van der Waals surface area contributed by atoms with Gasteiger partial charge in [-0.1, -0.05) is 32.6 Å².